The molecule has 8 heteroatoms. The smallest absolute Gasteiger partial charge is 0.290 e. The van der Waals surface area contributed by atoms with Crippen LogP contribution in [0.3, 0.4) is 0 Å². The van der Waals surface area contributed by atoms with Crippen molar-refractivity contribution in [2.75, 3.05) is 18.4 Å². The van der Waals surface area contributed by atoms with Crippen LogP contribution >= 0.6 is 0 Å². The van der Waals surface area contributed by atoms with Crippen molar-refractivity contribution in [2.45, 2.75) is 19.8 Å². The van der Waals surface area contributed by atoms with E-state index in [-0.39, 0.29) is 29.4 Å². The second-order valence-electron chi connectivity index (χ2n) is 6.91. The number of carbonyl (C=O) groups excluding carboxylic acids is 2. The standard InChI is InChI=1S/C21H21N3O5/c1-14-13-18(23-29-14)22-20(25)15-9-11-24(12-10-15)21(26)17-7-8-19(28-17)27-16-5-3-2-4-6-16/h2-8,13,15H,9-12H2,1H3,(H,22,23,25). The first-order valence-corrected chi connectivity index (χ1v) is 9.45. The lowest BCUT2D eigenvalue weighted by Gasteiger charge is -2.30. The molecular formula is C21H21N3O5. The molecule has 3 aromatic rings. The topological polar surface area (TPSA) is 97.8 Å². The zero-order chi connectivity index (χ0) is 20.2. The van der Waals surface area contributed by atoms with Crippen molar-refractivity contribution in [3.05, 3.63) is 60.1 Å². The summed E-state index contributed by atoms with van der Waals surface area (Å²) >= 11 is 0. The molecule has 1 fully saturated rings. The van der Waals surface area contributed by atoms with Crippen LogP contribution in [0, 0.1) is 12.8 Å². The van der Waals surface area contributed by atoms with Gasteiger partial charge in [-0.05, 0) is 38.0 Å². The van der Waals surface area contributed by atoms with Gasteiger partial charge in [0.1, 0.15) is 11.5 Å². The van der Waals surface area contributed by atoms with E-state index >= 15 is 0 Å². The van der Waals surface area contributed by atoms with E-state index in [1.54, 1.807) is 42.2 Å². The van der Waals surface area contributed by atoms with E-state index in [9.17, 15) is 9.59 Å². The number of carbonyl (C=O) groups is 2. The van der Waals surface area contributed by atoms with Gasteiger partial charge in [-0.25, -0.2) is 0 Å². The van der Waals surface area contributed by atoms with Crippen molar-refractivity contribution < 1.29 is 23.3 Å². The summed E-state index contributed by atoms with van der Waals surface area (Å²) in [6.07, 6.45) is 1.14. The van der Waals surface area contributed by atoms with Crippen molar-refractivity contribution in [2.24, 2.45) is 5.92 Å². The molecule has 0 saturated carbocycles. The van der Waals surface area contributed by atoms with Crippen LogP contribution in [-0.2, 0) is 4.79 Å². The highest BCUT2D eigenvalue weighted by Crippen LogP contribution is 2.26. The number of para-hydroxylation sites is 1. The molecule has 8 nitrogen and oxygen atoms in total. The SMILES string of the molecule is Cc1cc(NC(=O)C2CCN(C(=O)c3ccc(Oc4ccccc4)o3)CC2)no1. The maximum absolute atomic E-state index is 12.7. The van der Waals surface area contributed by atoms with Crippen molar-refractivity contribution >= 4 is 17.6 Å². The molecule has 0 bridgehead atoms. The van der Waals surface area contributed by atoms with Gasteiger partial charge in [0.25, 0.3) is 11.9 Å². The number of anilines is 1. The first kappa shape index (κ1) is 18.8. The largest absolute Gasteiger partial charge is 0.426 e. The van der Waals surface area contributed by atoms with E-state index < -0.39 is 0 Å². The lowest BCUT2D eigenvalue weighted by molar-refractivity contribution is -0.121. The third-order valence-corrected chi connectivity index (χ3v) is 4.79. The monoisotopic (exact) mass is 395 g/mol. The molecule has 0 aliphatic carbocycles. The fourth-order valence-corrected chi connectivity index (χ4v) is 3.25. The summed E-state index contributed by atoms with van der Waals surface area (Å²) in [7, 11) is 0. The summed E-state index contributed by atoms with van der Waals surface area (Å²) in [6.45, 7) is 2.71. The van der Waals surface area contributed by atoms with Crippen LogP contribution in [0.2, 0.25) is 0 Å². The average molecular weight is 395 g/mol. The summed E-state index contributed by atoms with van der Waals surface area (Å²) in [6, 6.07) is 14.1. The number of aromatic nitrogens is 1. The number of nitrogens with one attached hydrogen (secondary N) is 1. The first-order chi connectivity index (χ1) is 14.1. The van der Waals surface area contributed by atoms with E-state index in [0.29, 0.717) is 43.3 Å². The first-order valence-electron chi connectivity index (χ1n) is 9.45. The van der Waals surface area contributed by atoms with Crippen LogP contribution in [0.5, 0.6) is 11.7 Å². The van der Waals surface area contributed by atoms with Crippen molar-refractivity contribution in [3.63, 3.8) is 0 Å². The minimum Gasteiger partial charge on any atom is -0.426 e. The number of nitrogens with zero attached hydrogens (tertiary/aromatic N) is 2. The maximum Gasteiger partial charge on any atom is 0.290 e. The summed E-state index contributed by atoms with van der Waals surface area (Å²) in [5, 5.41) is 6.52. The quantitative estimate of drug-likeness (QED) is 0.704. The van der Waals surface area contributed by atoms with Gasteiger partial charge < -0.3 is 23.9 Å². The van der Waals surface area contributed by atoms with E-state index in [1.165, 1.54) is 0 Å². The molecule has 29 heavy (non-hydrogen) atoms. The minimum atomic E-state index is -0.209. The van der Waals surface area contributed by atoms with E-state index in [0.717, 1.165) is 0 Å². The number of aryl methyl sites for hydroxylation is 1. The summed E-state index contributed by atoms with van der Waals surface area (Å²) < 4.78 is 16.1. The Morgan fingerprint density at radius 1 is 1.14 bits per heavy atom. The number of furan rings is 1. The normalized spacial score (nSPS) is 14.6. The molecule has 4 rings (SSSR count). The Balaban J connectivity index is 1.30. The van der Waals surface area contributed by atoms with Gasteiger partial charge in [-0.2, -0.15) is 0 Å². The summed E-state index contributed by atoms with van der Waals surface area (Å²) in [4.78, 5) is 26.7. The van der Waals surface area contributed by atoms with Gasteiger partial charge in [-0.1, -0.05) is 23.4 Å². The second kappa shape index (κ2) is 8.22. The molecule has 2 amide bonds. The van der Waals surface area contributed by atoms with Crippen molar-refractivity contribution in [3.8, 4) is 11.7 Å². The highest BCUT2D eigenvalue weighted by atomic mass is 16.6. The van der Waals surface area contributed by atoms with Crippen LogP contribution in [0.15, 0.2) is 57.5 Å². The molecule has 0 spiro atoms. The highest BCUT2D eigenvalue weighted by Gasteiger charge is 2.29. The molecular weight excluding hydrogens is 374 g/mol. The van der Waals surface area contributed by atoms with Gasteiger partial charge in [-0.15, -0.1) is 0 Å². The summed E-state index contributed by atoms with van der Waals surface area (Å²) in [5.41, 5.74) is 0. The molecule has 1 aromatic carbocycles. The molecule has 1 aliphatic heterocycles. The zero-order valence-electron chi connectivity index (χ0n) is 16.0. The molecule has 1 N–H and O–H groups in total. The Hall–Kier alpha value is -3.55. The van der Waals surface area contributed by atoms with Gasteiger partial charge in [0.15, 0.2) is 11.6 Å². The Labute approximate surface area is 167 Å². The van der Waals surface area contributed by atoms with Gasteiger partial charge in [-0.3, -0.25) is 9.59 Å². The third kappa shape index (κ3) is 4.48. The predicted molar refractivity (Wildman–Crippen MR) is 104 cm³/mol. The van der Waals surface area contributed by atoms with Gasteiger partial charge >= 0.3 is 0 Å². The molecule has 1 saturated heterocycles. The zero-order valence-corrected chi connectivity index (χ0v) is 16.0. The van der Waals surface area contributed by atoms with Crippen LogP contribution < -0.4 is 10.1 Å². The molecule has 0 unspecified atom stereocenters. The Bertz CT molecular complexity index is 987. The van der Waals surface area contributed by atoms with E-state index in [1.807, 2.05) is 18.2 Å². The van der Waals surface area contributed by atoms with Gasteiger partial charge in [0.05, 0.1) is 0 Å². The molecule has 2 aromatic heterocycles. The Morgan fingerprint density at radius 3 is 2.59 bits per heavy atom. The van der Waals surface area contributed by atoms with E-state index in [2.05, 4.69) is 10.5 Å². The number of likely N-dealkylation sites (tertiary alicyclic amines) is 1. The molecule has 0 atom stereocenters. The number of rotatable bonds is 5. The molecule has 3 heterocycles. The minimum absolute atomic E-state index is 0.109. The fourth-order valence-electron chi connectivity index (χ4n) is 3.25. The predicted octanol–water partition coefficient (Wildman–Crippen LogP) is 3.86. The summed E-state index contributed by atoms with van der Waals surface area (Å²) in [5.74, 6) is 1.66. The number of amides is 2. The molecule has 150 valence electrons. The van der Waals surface area contributed by atoms with Crippen LogP contribution in [-0.4, -0.2) is 35.0 Å². The third-order valence-electron chi connectivity index (χ3n) is 4.79. The molecule has 0 radical (unpaired) electrons. The van der Waals surface area contributed by atoms with Gasteiger partial charge in [0, 0.05) is 31.1 Å². The average Bonchev–Trinajstić information content (AvgIpc) is 3.37. The number of hydrogen-bond donors (Lipinski definition) is 1. The number of benzene rings is 1. The lowest BCUT2D eigenvalue weighted by Crippen LogP contribution is -2.41. The number of piperidine rings is 1. The van der Waals surface area contributed by atoms with Gasteiger partial charge in [0.2, 0.25) is 5.91 Å². The lowest BCUT2D eigenvalue weighted by atomic mass is 9.95. The van der Waals surface area contributed by atoms with Crippen molar-refractivity contribution in [1.29, 1.82) is 0 Å². The Kier molecular flexibility index (Phi) is 5.33. The van der Waals surface area contributed by atoms with Crippen molar-refractivity contribution in [1.82, 2.24) is 10.1 Å². The van der Waals surface area contributed by atoms with Crippen LogP contribution in [0.25, 0.3) is 0 Å². The number of hydrogen-bond acceptors (Lipinski definition) is 6. The highest BCUT2D eigenvalue weighted by molar-refractivity contribution is 5.93. The maximum atomic E-state index is 12.7. The molecule has 1 aliphatic rings. The second-order valence-corrected chi connectivity index (χ2v) is 6.91. The van der Waals surface area contributed by atoms with Crippen LogP contribution in [0.1, 0.15) is 29.2 Å². The number of ether oxygens (including phenoxy) is 1. The Morgan fingerprint density at radius 2 is 1.90 bits per heavy atom. The van der Waals surface area contributed by atoms with E-state index in [4.69, 9.17) is 13.7 Å². The fraction of sp³-hybridized carbons (Fsp3) is 0.286. The van der Waals surface area contributed by atoms with Crippen LogP contribution in [0.4, 0.5) is 5.82 Å².